The number of hydrogen-bond donors (Lipinski definition) is 1. The van der Waals surface area contributed by atoms with Crippen LogP contribution in [0.15, 0.2) is 60.9 Å². The van der Waals surface area contributed by atoms with Crippen molar-refractivity contribution in [2.24, 2.45) is 0 Å². The zero-order chi connectivity index (χ0) is 24.4. The first-order chi connectivity index (χ1) is 15.4. The van der Waals surface area contributed by atoms with Gasteiger partial charge in [0.05, 0.1) is 22.4 Å². The lowest BCUT2D eigenvalue weighted by Gasteiger charge is -2.21. The first-order valence-electron chi connectivity index (χ1n) is 9.29. The number of benzene rings is 1. The Morgan fingerprint density at radius 1 is 0.879 bits per heavy atom. The molecule has 2 aromatic heterocycles. The van der Waals surface area contributed by atoms with Gasteiger partial charge in [-0.15, -0.1) is 0 Å². The molecule has 5 nitrogen and oxygen atoms in total. The topological polar surface area (TPSA) is 80.1 Å². The van der Waals surface area contributed by atoms with Crippen molar-refractivity contribution in [3.63, 3.8) is 0 Å². The number of alkyl halides is 6. The molecule has 1 aromatic carbocycles. The van der Waals surface area contributed by atoms with Gasteiger partial charge in [0.1, 0.15) is 5.69 Å². The molecule has 0 aliphatic rings. The summed E-state index contributed by atoms with van der Waals surface area (Å²) >= 11 is 0. The fourth-order valence-electron chi connectivity index (χ4n) is 3.19. The van der Waals surface area contributed by atoms with E-state index in [1.165, 1.54) is 0 Å². The number of Topliss-reactive ketones (excluding diaryl/α,β-unsaturated/α-hetero) is 1. The summed E-state index contributed by atoms with van der Waals surface area (Å²) in [5.41, 5.74) is -3.05. The Kier molecular flexibility index (Phi) is 6.52. The first-order valence-corrected chi connectivity index (χ1v) is 9.29. The molecule has 0 aliphatic carbocycles. The summed E-state index contributed by atoms with van der Waals surface area (Å²) in [6.07, 6.45) is -8.05. The van der Waals surface area contributed by atoms with Crippen LogP contribution >= 0.6 is 0 Å². The van der Waals surface area contributed by atoms with Gasteiger partial charge in [-0.2, -0.15) is 26.3 Å². The quantitative estimate of drug-likeness (QED) is 0.375. The van der Waals surface area contributed by atoms with Crippen molar-refractivity contribution in [1.82, 2.24) is 9.97 Å². The number of aromatic carboxylic acids is 1. The van der Waals surface area contributed by atoms with E-state index >= 15 is 0 Å². The molecule has 172 valence electrons. The van der Waals surface area contributed by atoms with Crippen LogP contribution in [0.5, 0.6) is 0 Å². The van der Waals surface area contributed by atoms with Crippen LogP contribution in [0.2, 0.25) is 0 Å². The average molecular weight is 468 g/mol. The van der Waals surface area contributed by atoms with Crippen LogP contribution in [0.1, 0.15) is 55.6 Å². The second-order valence-corrected chi connectivity index (χ2v) is 6.97. The predicted molar refractivity (Wildman–Crippen MR) is 103 cm³/mol. The number of carbonyl (C=O) groups excluding carboxylic acids is 1. The van der Waals surface area contributed by atoms with E-state index in [1.54, 1.807) is 0 Å². The Labute approximate surface area is 182 Å². The van der Waals surface area contributed by atoms with Crippen LogP contribution in [0.4, 0.5) is 26.3 Å². The molecule has 11 heteroatoms. The maximum Gasteiger partial charge on any atom is 0.418 e. The minimum Gasteiger partial charge on any atom is -0.478 e. The number of halogens is 6. The van der Waals surface area contributed by atoms with Crippen LogP contribution in [0, 0.1) is 0 Å². The molecule has 0 saturated heterocycles. The van der Waals surface area contributed by atoms with Crippen molar-refractivity contribution in [1.29, 1.82) is 0 Å². The van der Waals surface area contributed by atoms with Gasteiger partial charge in [-0.25, -0.2) is 4.79 Å². The van der Waals surface area contributed by atoms with E-state index in [-0.39, 0.29) is 16.8 Å². The van der Waals surface area contributed by atoms with E-state index in [4.69, 9.17) is 5.11 Å². The van der Waals surface area contributed by atoms with E-state index in [0.29, 0.717) is 12.1 Å². The van der Waals surface area contributed by atoms with Gasteiger partial charge >= 0.3 is 18.3 Å². The molecule has 0 fully saturated rings. The van der Waals surface area contributed by atoms with Crippen molar-refractivity contribution in [2.45, 2.75) is 24.7 Å². The van der Waals surface area contributed by atoms with Crippen LogP contribution < -0.4 is 0 Å². The molecule has 0 bridgehead atoms. The SMILES string of the molecule is O=C(O)c1ccc(C(=O)C[C@@H](c2ccc(C(F)(F)F)cc2)c2ncccc2C(F)(F)F)nc1. The number of ketones is 1. The number of carboxylic acids is 1. The number of pyridine rings is 2. The zero-order valence-electron chi connectivity index (χ0n) is 16.5. The summed E-state index contributed by atoms with van der Waals surface area (Å²) in [6, 6.07) is 7.46. The van der Waals surface area contributed by atoms with Crippen LogP contribution in [0.25, 0.3) is 0 Å². The highest BCUT2D eigenvalue weighted by Gasteiger charge is 2.37. The lowest BCUT2D eigenvalue weighted by atomic mass is 9.86. The van der Waals surface area contributed by atoms with Crippen LogP contribution in [-0.4, -0.2) is 26.8 Å². The van der Waals surface area contributed by atoms with E-state index in [1.807, 2.05) is 0 Å². The molecule has 0 aliphatic heterocycles. The highest BCUT2D eigenvalue weighted by Crippen LogP contribution is 2.39. The number of rotatable bonds is 6. The lowest BCUT2D eigenvalue weighted by Crippen LogP contribution is -2.18. The molecule has 0 radical (unpaired) electrons. The smallest absolute Gasteiger partial charge is 0.418 e. The molecule has 1 N–H and O–H groups in total. The normalized spacial score (nSPS) is 12.9. The predicted octanol–water partition coefficient (Wildman–Crippen LogP) is 5.62. The molecular weight excluding hydrogens is 454 g/mol. The van der Waals surface area contributed by atoms with Crippen molar-refractivity contribution < 1.29 is 41.0 Å². The molecular formula is C22H14F6N2O3. The second kappa shape index (κ2) is 9.00. The summed E-state index contributed by atoms with van der Waals surface area (Å²) in [5.74, 6) is -3.36. The zero-order valence-corrected chi connectivity index (χ0v) is 16.5. The van der Waals surface area contributed by atoms with Crippen LogP contribution in [-0.2, 0) is 12.4 Å². The van der Waals surface area contributed by atoms with Gasteiger partial charge in [-0.05, 0) is 42.0 Å². The Balaban J connectivity index is 2.05. The summed E-state index contributed by atoms with van der Waals surface area (Å²) in [7, 11) is 0. The number of aromatic nitrogens is 2. The Bertz CT molecular complexity index is 1160. The van der Waals surface area contributed by atoms with Crippen molar-refractivity contribution in [3.8, 4) is 0 Å². The van der Waals surface area contributed by atoms with Gasteiger partial charge in [0, 0.05) is 24.7 Å². The molecule has 0 amide bonds. The second-order valence-electron chi connectivity index (χ2n) is 6.97. The number of carbonyl (C=O) groups is 2. The first kappa shape index (κ1) is 23.9. The Morgan fingerprint density at radius 2 is 1.55 bits per heavy atom. The van der Waals surface area contributed by atoms with Crippen molar-refractivity contribution in [3.05, 3.63) is 94.6 Å². The molecule has 0 spiro atoms. The third-order valence-electron chi connectivity index (χ3n) is 4.80. The third-order valence-corrected chi connectivity index (χ3v) is 4.80. The lowest BCUT2D eigenvalue weighted by molar-refractivity contribution is -0.139. The largest absolute Gasteiger partial charge is 0.478 e. The summed E-state index contributed by atoms with van der Waals surface area (Å²) in [6.45, 7) is 0. The summed E-state index contributed by atoms with van der Waals surface area (Å²) in [4.78, 5) is 31.2. The standard InChI is InChI=1S/C22H14F6N2O3/c23-21(24,25)14-6-3-12(4-7-14)15(19-16(22(26,27)28)2-1-9-29-19)10-18(31)17-8-5-13(11-30-17)20(32)33/h1-9,11,15H,10H2,(H,32,33)/t15-/m0/s1. The fraction of sp³-hybridized carbons (Fsp3) is 0.182. The minimum absolute atomic E-state index is 0.0164. The number of nitrogens with zero attached hydrogens (tertiary/aromatic N) is 2. The molecule has 3 aromatic rings. The molecule has 1 atom stereocenters. The van der Waals surface area contributed by atoms with Gasteiger partial charge in [-0.3, -0.25) is 14.8 Å². The van der Waals surface area contributed by atoms with Gasteiger partial charge in [0.15, 0.2) is 5.78 Å². The molecule has 2 heterocycles. The van der Waals surface area contributed by atoms with E-state index in [0.717, 1.165) is 48.8 Å². The minimum atomic E-state index is -4.82. The van der Waals surface area contributed by atoms with Gasteiger partial charge in [0.2, 0.25) is 0 Å². The fourth-order valence-corrected chi connectivity index (χ4v) is 3.19. The molecule has 0 saturated carbocycles. The molecule has 33 heavy (non-hydrogen) atoms. The van der Waals surface area contributed by atoms with Crippen LogP contribution in [0.3, 0.4) is 0 Å². The Morgan fingerprint density at radius 3 is 2.06 bits per heavy atom. The summed E-state index contributed by atoms with van der Waals surface area (Å²) in [5, 5.41) is 8.92. The number of carboxylic acid groups (broad SMARTS) is 1. The molecule has 3 rings (SSSR count). The Hall–Kier alpha value is -3.76. The van der Waals surface area contributed by atoms with Gasteiger partial charge < -0.3 is 5.11 Å². The summed E-state index contributed by atoms with van der Waals surface area (Å²) < 4.78 is 79.5. The van der Waals surface area contributed by atoms with Crippen molar-refractivity contribution in [2.75, 3.05) is 0 Å². The van der Waals surface area contributed by atoms with Crippen molar-refractivity contribution >= 4 is 11.8 Å². The highest BCUT2D eigenvalue weighted by atomic mass is 19.4. The highest BCUT2D eigenvalue weighted by molar-refractivity contribution is 5.96. The number of hydrogen-bond acceptors (Lipinski definition) is 4. The molecule has 0 unspecified atom stereocenters. The average Bonchev–Trinajstić information content (AvgIpc) is 2.76. The third kappa shape index (κ3) is 5.54. The van der Waals surface area contributed by atoms with Gasteiger partial charge in [0.25, 0.3) is 0 Å². The van der Waals surface area contributed by atoms with E-state index < -0.39 is 53.3 Å². The maximum absolute atomic E-state index is 13.6. The van der Waals surface area contributed by atoms with Gasteiger partial charge in [-0.1, -0.05) is 12.1 Å². The van der Waals surface area contributed by atoms with E-state index in [9.17, 15) is 35.9 Å². The maximum atomic E-state index is 13.6. The van der Waals surface area contributed by atoms with E-state index in [2.05, 4.69) is 9.97 Å². The monoisotopic (exact) mass is 468 g/mol.